The Morgan fingerprint density at radius 1 is 1.20 bits per heavy atom. The summed E-state index contributed by atoms with van der Waals surface area (Å²) in [6, 6.07) is 12.3. The molecule has 186 valence electrons. The zero-order valence-electron chi connectivity index (χ0n) is 20.1. The quantitative estimate of drug-likeness (QED) is 0.341. The second kappa shape index (κ2) is 11.7. The summed E-state index contributed by atoms with van der Waals surface area (Å²) in [5.41, 5.74) is 2.09. The van der Waals surface area contributed by atoms with Crippen molar-refractivity contribution in [2.24, 2.45) is 15.9 Å². The number of nitrogens with two attached hydrogens (primary N) is 1. The minimum absolute atomic E-state index is 0.00747. The van der Waals surface area contributed by atoms with Gasteiger partial charge in [-0.3, -0.25) is 14.6 Å². The van der Waals surface area contributed by atoms with Crippen molar-refractivity contribution in [3.05, 3.63) is 71.0 Å². The van der Waals surface area contributed by atoms with E-state index in [1.807, 2.05) is 44.2 Å². The Morgan fingerprint density at radius 3 is 2.51 bits per heavy atom. The number of halogens is 2. The summed E-state index contributed by atoms with van der Waals surface area (Å²) < 4.78 is 29.2. The molecule has 3 N–H and O–H groups in total. The molecule has 1 fully saturated rings. The Hall–Kier alpha value is -3.62. The highest BCUT2D eigenvalue weighted by Gasteiger charge is 2.40. The fourth-order valence-corrected chi connectivity index (χ4v) is 4.27. The normalized spacial score (nSPS) is 19.4. The number of carbonyl (C=O) groups is 2. The van der Waals surface area contributed by atoms with Crippen LogP contribution in [0.1, 0.15) is 55.3 Å². The van der Waals surface area contributed by atoms with Gasteiger partial charge in [0.05, 0.1) is 24.7 Å². The second-order valence-electron chi connectivity index (χ2n) is 8.87. The fourth-order valence-electron chi connectivity index (χ4n) is 4.27. The van der Waals surface area contributed by atoms with Crippen molar-refractivity contribution in [2.45, 2.75) is 50.9 Å². The first-order chi connectivity index (χ1) is 16.7. The number of amides is 2. The molecule has 1 aliphatic rings. The number of hydrogen-bond acceptors (Lipinski definition) is 5. The highest BCUT2D eigenvalue weighted by Crippen LogP contribution is 2.28. The third-order valence-electron chi connectivity index (χ3n) is 6.05. The maximum absolute atomic E-state index is 14.8. The van der Waals surface area contributed by atoms with Gasteiger partial charge < -0.3 is 16.1 Å². The van der Waals surface area contributed by atoms with Crippen LogP contribution in [0.25, 0.3) is 0 Å². The largest absolute Gasteiger partial charge is 0.343 e. The standard InChI is InChI=1S/C26H31F2N5O2/c1-16(2)21-10-9-18(11-22(21)28)25(17-7-5-4-6-8-17)31-26(35)23-12-19(27)15-33(23)24(34)13-20(32-29)14-30-3/h4-11,14,16,19,23,25H,12-13,15,29H2,1-3H3,(H,31,35)/b30-14?,32-20-/t19-,23+,25+/m1/s1. The number of hydrogen-bond donors (Lipinski definition) is 2. The van der Waals surface area contributed by atoms with E-state index in [1.54, 1.807) is 12.1 Å². The van der Waals surface area contributed by atoms with E-state index in [9.17, 15) is 18.4 Å². The van der Waals surface area contributed by atoms with E-state index in [-0.39, 0.29) is 36.8 Å². The minimum Gasteiger partial charge on any atom is -0.343 e. The first-order valence-corrected chi connectivity index (χ1v) is 11.5. The number of rotatable bonds is 8. The summed E-state index contributed by atoms with van der Waals surface area (Å²) in [5, 5.41) is 6.44. The molecule has 3 atom stereocenters. The van der Waals surface area contributed by atoms with Crippen LogP contribution in [-0.2, 0) is 9.59 Å². The molecule has 35 heavy (non-hydrogen) atoms. The van der Waals surface area contributed by atoms with Gasteiger partial charge in [-0.1, -0.05) is 56.3 Å². The molecule has 1 heterocycles. The van der Waals surface area contributed by atoms with Crippen LogP contribution in [0.3, 0.4) is 0 Å². The Kier molecular flexibility index (Phi) is 8.68. The third kappa shape index (κ3) is 6.29. The summed E-state index contributed by atoms with van der Waals surface area (Å²) in [6.45, 7) is 3.60. The van der Waals surface area contributed by atoms with Gasteiger partial charge in [0.1, 0.15) is 18.0 Å². The molecule has 0 spiro atoms. The van der Waals surface area contributed by atoms with Gasteiger partial charge in [0, 0.05) is 19.7 Å². The van der Waals surface area contributed by atoms with Gasteiger partial charge in [0.15, 0.2) is 0 Å². The molecule has 0 unspecified atom stereocenters. The van der Waals surface area contributed by atoms with Crippen LogP contribution >= 0.6 is 0 Å². The molecular formula is C26H31F2N5O2. The van der Waals surface area contributed by atoms with Crippen molar-refractivity contribution in [3.63, 3.8) is 0 Å². The molecule has 0 aliphatic carbocycles. The second-order valence-corrected chi connectivity index (χ2v) is 8.87. The Bertz CT molecular complexity index is 1100. The Morgan fingerprint density at radius 2 is 1.91 bits per heavy atom. The van der Waals surface area contributed by atoms with E-state index in [4.69, 9.17) is 5.84 Å². The van der Waals surface area contributed by atoms with Crippen molar-refractivity contribution in [2.75, 3.05) is 13.6 Å². The molecule has 0 bridgehead atoms. The fraction of sp³-hybridized carbons (Fsp3) is 0.385. The molecule has 1 saturated heterocycles. The van der Waals surface area contributed by atoms with Gasteiger partial charge >= 0.3 is 0 Å². The number of hydrazone groups is 1. The van der Waals surface area contributed by atoms with Crippen molar-refractivity contribution < 1.29 is 18.4 Å². The van der Waals surface area contributed by atoms with Gasteiger partial charge in [-0.15, -0.1) is 0 Å². The van der Waals surface area contributed by atoms with Gasteiger partial charge in [-0.05, 0) is 28.7 Å². The predicted molar refractivity (Wildman–Crippen MR) is 133 cm³/mol. The van der Waals surface area contributed by atoms with Crippen LogP contribution in [0, 0.1) is 5.82 Å². The molecule has 2 aromatic carbocycles. The average molecular weight is 484 g/mol. The lowest BCUT2D eigenvalue weighted by Gasteiger charge is -2.27. The Balaban J connectivity index is 1.87. The number of nitrogens with one attached hydrogen (secondary N) is 1. The van der Waals surface area contributed by atoms with Crippen molar-refractivity contribution in [1.29, 1.82) is 0 Å². The predicted octanol–water partition coefficient (Wildman–Crippen LogP) is 3.50. The first-order valence-electron chi connectivity index (χ1n) is 11.5. The van der Waals surface area contributed by atoms with E-state index in [1.165, 1.54) is 24.2 Å². The molecule has 1 aliphatic heterocycles. The summed E-state index contributed by atoms with van der Waals surface area (Å²) in [7, 11) is 1.51. The molecular weight excluding hydrogens is 452 g/mol. The summed E-state index contributed by atoms with van der Waals surface area (Å²) in [4.78, 5) is 31.2. The van der Waals surface area contributed by atoms with Crippen LogP contribution in [0.15, 0.2) is 58.6 Å². The van der Waals surface area contributed by atoms with E-state index in [2.05, 4.69) is 15.4 Å². The van der Waals surface area contributed by atoms with Crippen molar-refractivity contribution in [3.8, 4) is 0 Å². The zero-order valence-corrected chi connectivity index (χ0v) is 20.1. The number of nitrogens with zero attached hydrogens (tertiary/aromatic N) is 3. The maximum atomic E-state index is 14.8. The first kappa shape index (κ1) is 26.0. The molecule has 0 aromatic heterocycles. The van der Waals surface area contributed by atoms with Crippen molar-refractivity contribution >= 4 is 23.7 Å². The van der Waals surface area contributed by atoms with E-state index >= 15 is 0 Å². The molecule has 7 nitrogen and oxygen atoms in total. The van der Waals surface area contributed by atoms with Gasteiger partial charge in [-0.25, -0.2) is 8.78 Å². The lowest BCUT2D eigenvalue weighted by atomic mass is 9.94. The number of alkyl halides is 1. The number of aliphatic imine (C=N–C) groups is 1. The van der Waals surface area contributed by atoms with Crippen LogP contribution in [0.2, 0.25) is 0 Å². The van der Waals surface area contributed by atoms with Gasteiger partial charge in [-0.2, -0.15) is 5.10 Å². The summed E-state index contributed by atoms with van der Waals surface area (Å²) in [6.07, 6.45) is -0.326. The highest BCUT2D eigenvalue weighted by atomic mass is 19.1. The van der Waals surface area contributed by atoms with Crippen LogP contribution in [0.4, 0.5) is 8.78 Å². The number of likely N-dealkylation sites (tertiary alicyclic amines) is 1. The highest BCUT2D eigenvalue weighted by molar-refractivity contribution is 6.34. The lowest BCUT2D eigenvalue weighted by molar-refractivity contribution is -0.137. The molecule has 3 rings (SSSR count). The maximum Gasteiger partial charge on any atom is 0.243 e. The average Bonchev–Trinajstić information content (AvgIpc) is 3.24. The van der Waals surface area contributed by atoms with Crippen LogP contribution in [-0.4, -0.2) is 54.4 Å². The van der Waals surface area contributed by atoms with Crippen LogP contribution < -0.4 is 11.2 Å². The lowest BCUT2D eigenvalue weighted by Crippen LogP contribution is -2.47. The number of carbonyl (C=O) groups excluding carboxylic acids is 2. The van der Waals surface area contributed by atoms with Gasteiger partial charge in [0.25, 0.3) is 0 Å². The smallest absolute Gasteiger partial charge is 0.243 e. The minimum atomic E-state index is -1.34. The molecule has 2 amide bonds. The van der Waals surface area contributed by atoms with Gasteiger partial charge in [0.2, 0.25) is 11.8 Å². The zero-order chi connectivity index (χ0) is 25.5. The summed E-state index contributed by atoms with van der Waals surface area (Å²) >= 11 is 0. The third-order valence-corrected chi connectivity index (χ3v) is 6.05. The van der Waals surface area contributed by atoms with E-state index in [0.717, 1.165) is 5.56 Å². The molecule has 0 radical (unpaired) electrons. The monoisotopic (exact) mass is 483 g/mol. The Labute approximate surface area is 204 Å². The van der Waals surface area contributed by atoms with E-state index in [0.29, 0.717) is 11.1 Å². The molecule has 2 aromatic rings. The SMILES string of the molecule is CN=C/C(CC(=O)N1C[C@H](F)C[C@H]1C(=O)N[C@@H](c1ccccc1)c1ccc(C(C)C)c(F)c1)=N\N. The molecule has 0 saturated carbocycles. The van der Waals surface area contributed by atoms with Crippen molar-refractivity contribution in [1.82, 2.24) is 10.2 Å². The number of benzene rings is 2. The summed E-state index contributed by atoms with van der Waals surface area (Å²) in [5.74, 6) is 3.96. The topological polar surface area (TPSA) is 100 Å². The van der Waals surface area contributed by atoms with E-state index < -0.39 is 30.1 Å². The molecule has 9 heteroatoms. The van der Waals surface area contributed by atoms with Crippen LogP contribution in [0.5, 0.6) is 0 Å².